The minimum absolute atomic E-state index is 0.617. The zero-order valence-electron chi connectivity index (χ0n) is 11.2. The SMILES string of the molecule is CCNCCOCCc1cc2c(cc1Br)OCCO2. The Labute approximate surface area is 122 Å². The van der Waals surface area contributed by atoms with Gasteiger partial charge in [0.2, 0.25) is 0 Å². The molecule has 1 heterocycles. The van der Waals surface area contributed by atoms with Crippen LogP contribution in [0.4, 0.5) is 0 Å². The van der Waals surface area contributed by atoms with Crippen molar-refractivity contribution in [2.75, 3.05) is 39.5 Å². The van der Waals surface area contributed by atoms with E-state index in [1.165, 1.54) is 5.56 Å². The summed E-state index contributed by atoms with van der Waals surface area (Å²) >= 11 is 3.57. The first-order chi connectivity index (χ1) is 9.31. The summed E-state index contributed by atoms with van der Waals surface area (Å²) in [5.41, 5.74) is 1.19. The summed E-state index contributed by atoms with van der Waals surface area (Å²) in [6.07, 6.45) is 0.864. The lowest BCUT2D eigenvalue weighted by atomic mass is 10.1. The van der Waals surface area contributed by atoms with Gasteiger partial charge in [0.1, 0.15) is 13.2 Å². The average molecular weight is 330 g/mol. The van der Waals surface area contributed by atoms with Crippen molar-refractivity contribution in [1.29, 1.82) is 0 Å². The van der Waals surface area contributed by atoms with Gasteiger partial charge in [0.15, 0.2) is 11.5 Å². The van der Waals surface area contributed by atoms with Gasteiger partial charge in [0.25, 0.3) is 0 Å². The van der Waals surface area contributed by atoms with Crippen molar-refractivity contribution in [3.8, 4) is 11.5 Å². The van der Waals surface area contributed by atoms with E-state index in [-0.39, 0.29) is 0 Å². The molecule has 1 aromatic rings. The van der Waals surface area contributed by atoms with Crippen LogP contribution in [0.2, 0.25) is 0 Å². The normalized spacial score (nSPS) is 13.6. The second-order valence-corrected chi connectivity index (χ2v) is 5.16. The molecule has 0 aromatic heterocycles. The molecule has 0 bridgehead atoms. The first kappa shape index (κ1) is 14.6. The van der Waals surface area contributed by atoms with E-state index in [9.17, 15) is 0 Å². The first-order valence-electron chi connectivity index (χ1n) is 6.67. The van der Waals surface area contributed by atoms with Gasteiger partial charge >= 0.3 is 0 Å². The lowest BCUT2D eigenvalue weighted by molar-refractivity contribution is 0.139. The highest BCUT2D eigenvalue weighted by Crippen LogP contribution is 2.35. The van der Waals surface area contributed by atoms with Crippen molar-refractivity contribution in [3.63, 3.8) is 0 Å². The number of ether oxygens (including phenoxy) is 3. The number of halogens is 1. The molecule has 4 nitrogen and oxygen atoms in total. The number of likely N-dealkylation sites (N-methyl/N-ethyl adjacent to an activating group) is 1. The Balaban J connectivity index is 1.83. The van der Waals surface area contributed by atoms with Crippen LogP contribution >= 0.6 is 15.9 Å². The van der Waals surface area contributed by atoms with Crippen molar-refractivity contribution in [2.45, 2.75) is 13.3 Å². The molecule has 106 valence electrons. The molecular weight excluding hydrogens is 310 g/mol. The molecule has 0 fully saturated rings. The van der Waals surface area contributed by atoms with Gasteiger partial charge in [-0.25, -0.2) is 0 Å². The van der Waals surface area contributed by atoms with Crippen LogP contribution in [0.3, 0.4) is 0 Å². The zero-order valence-corrected chi connectivity index (χ0v) is 12.8. The molecule has 0 unspecified atom stereocenters. The van der Waals surface area contributed by atoms with Crippen molar-refractivity contribution in [1.82, 2.24) is 5.32 Å². The van der Waals surface area contributed by atoms with Gasteiger partial charge in [0, 0.05) is 11.0 Å². The van der Waals surface area contributed by atoms with Gasteiger partial charge in [-0.05, 0) is 30.7 Å². The molecule has 0 atom stereocenters. The topological polar surface area (TPSA) is 39.7 Å². The Hall–Kier alpha value is -0.780. The van der Waals surface area contributed by atoms with E-state index in [1.807, 2.05) is 12.1 Å². The maximum absolute atomic E-state index is 5.58. The Morgan fingerprint density at radius 2 is 1.95 bits per heavy atom. The van der Waals surface area contributed by atoms with E-state index >= 15 is 0 Å². The fourth-order valence-corrected chi connectivity index (χ4v) is 2.42. The second-order valence-electron chi connectivity index (χ2n) is 4.30. The lowest BCUT2D eigenvalue weighted by Gasteiger charge is -2.20. The van der Waals surface area contributed by atoms with E-state index in [1.54, 1.807) is 0 Å². The number of hydrogen-bond donors (Lipinski definition) is 1. The highest BCUT2D eigenvalue weighted by molar-refractivity contribution is 9.10. The van der Waals surface area contributed by atoms with Crippen LogP contribution in [0, 0.1) is 0 Å². The predicted molar refractivity (Wildman–Crippen MR) is 78.2 cm³/mol. The van der Waals surface area contributed by atoms with Crippen LogP contribution in [0.5, 0.6) is 11.5 Å². The molecular formula is C14H20BrNO3. The minimum atomic E-state index is 0.617. The van der Waals surface area contributed by atoms with Crippen LogP contribution in [0.15, 0.2) is 16.6 Å². The van der Waals surface area contributed by atoms with Gasteiger partial charge in [-0.15, -0.1) is 0 Å². The standard InChI is InChI=1S/C14H20BrNO3/c1-2-16-4-6-17-5-3-11-9-13-14(10-12(11)15)19-8-7-18-13/h9-10,16H,2-8H2,1H3. The van der Waals surface area contributed by atoms with Gasteiger partial charge in [0.05, 0.1) is 13.2 Å². The lowest BCUT2D eigenvalue weighted by Crippen LogP contribution is -2.19. The molecule has 0 spiro atoms. The maximum atomic E-state index is 5.58. The van der Waals surface area contributed by atoms with E-state index in [4.69, 9.17) is 14.2 Å². The maximum Gasteiger partial charge on any atom is 0.162 e. The van der Waals surface area contributed by atoms with Crippen molar-refractivity contribution >= 4 is 15.9 Å². The fourth-order valence-electron chi connectivity index (χ4n) is 1.90. The zero-order chi connectivity index (χ0) is 13.5. The van der Waals surface area contributed by atoms with Crippen LogP contribution in [-0.4, -0.2) is 39.5 Å². The molecule has 5 heteroatoms. The minimum Gasteiger partial charge on any atom is -0.486 e. The molecule has 0 aliphatic carbocycles. The highest BCUT2D eigenvalue weighted by Gasteiger charge is 2.14. The van der Waals surface area contributed by atoms with E-state index in [0.29, 0.717) is 19.8 Å². The van der Waals surface area contributed by atoms with E-state index < -0.39 is 0 Å². The molecule has 0 radical (unpaired) electrons. The fraction of sp³-hybridized carbons (Fsp3) is 0.571. The van der Waals surface area contributed by atoms with Crippen LogP contribution in [0.25, 0.3) is 0 Å². The summed E-state index contributed by atoms with van der Waals surface area (Å²) in [7, 11) is 0. The molecule has 2 rings (SSSR count). The summed E-state index contributed by atoms with van der Waals surface area (Å²) in [4.78, 5) is 0. The number of fused-ring (bicyclic) bond motifs is 1. The summed E-state index contributed by atoms with van der Waals surface area (Å²) in [5, 5.41) is 3.23. The number of nitrogens with one attached hydrogen (secondary N) is 1. The largest absolute Gasteiger partial charge is 0.486 e. The molecule has 1 aliphatic heterocycles. The van der Waals surface area contributed by atoms with E-state index in [2.05, 4.69) is 28.2 Å². The molecule has 1 aromatic carbocycles. The Morgan fingerprint density at radius 1 is 1.21 bits per heavy atom. The monoisotopic (exact) mass is 329 g/mol. The van der Waals surface area contributed by atoms with Crippen LogP contribution in [0.1, 0.15) is 12.5 Å². The number of hydrogen-bond acceptors (Lipinski definition) is 4. The van der Waals surface area contributed by atoms with E-state index in [0.717, 1.165) is 42.1 Å². The quantitative estimate of drug-likeness (QED) is 0.780. The first-order valence-corrected chi connectivity index (χ1v) is 7.47. The van der Waals surface area contributed by atoms with Crippen molar-refractivity contribution < 1.29 is 14.2 Å². The van der Waals surface area contributed by atoms with Gasteiger partial charge < -0.3 is 19.5 Å². The molecule has 1 N–H and O–H groups in total. The third kappa shape index (κ3) is 4.37. The third-order valence-corrected chi connectivity index (χ3v) is 3.64. The Morgan fingerprint density at radius 3 is 2.68 bits per heavy atom. The van der Waals surface area contributed by atoms with Gasteiger partial charge in [-0.3, -0.25) is 0 Å². The van der Waals surface area contributed by atoms with Crippen LogP contribution < -0.4 is 14.8 Å². The van der Waals surface area contributed by atoms with Crippen LogP contribution in [-0.2, 0) is 11.2 Å². The molecule has 19 heavy (non-hydrogen) atoms. The third-order valence-electron chi connectivity index (χ3n) is 2.90. The summed E-state index contributed by atoms with van der Waals surface area (Å²) in [5.74, 6) is 1.65. The average Bonchev–Trinajstić information content (AvgIpc) is 2.43. The van der Waals surface area contributed by atoms with Gasteiger partial charge in [-0.1, -0.05) is 22.9 Å². The second kappa shape index (κ2) is 7.72. The molecule has 0 saturated heterocycles. The molecule has 0 amide bonds. The highest BCUT2D eigenvalue weighted by atomic mass is 79.9. The summed E-state index contributed by atoms with van der Waals surface area (Å²) in [6, 6.07) is 4.01. The molecule has 1 aliphatic rings. The molecule has 0 saturated carbocycles. The Kier molecular flexibility index (Phi) is 5.94. The predicted octanol–water partition coefficient (Wildman–Crippen LogP) is 2.39. The smallest absolute Gasteiger partial charge is 0.162 e. The number of rotatable bonds is 7. The van der Waals surface area contributed by atoms with Crippen molar-refractivity contribution in [2.24, 2.45) is 0 Å². The van der Waals surface area contributed by atoms with Crippen molar-refractivity contribution in [3.05, 3.63) is 22.2 Å². The summed E-state index contributed by atoms with van der Waals surface area (Å²) < 4.78 is 17.7. The summed E-state index contributed by atoms with van der Waals surface area (Å²) in [6.45, 7) is 6.67. The Bertz CT molecular complexity index is 412. The number of benzene rings is 1. The van der Waals surface area contributed by atoms with Gasteiger partial charge in [-0.2, -0.15) is 0 Å².